The standard InChI is InChI=1S/C33H35FN6O5S.ClH/c1-21-17-27(39-46(2,43)44)9-11-30(21)45-31-12-3-22(19-36-31)20-40-15-13-24(14-16-40)23-4-6-25(7-5-23)37-33(42)38-26-8-10-29(34)28(18-26)32(35)41;/h3-12,17-19,24,39H,13-16,20H2,1-2H3,(H2,35,41)(H2,37,38,42);1H. The lowest BCUT2D eigenvalue weighted by molar-refractivity contribution is 0.0996. The van der Waals surface area contributed by atoms with Crippen LogP contribution in [-0.4, -0.2) is 49.6 Å². The molecule has 4 aromatic rings. The Morgan fingerprint density at radius 2 is 1.62 bits per heavy atom. The van der Waals surface area contributed by atoms with E-state index in [2.05, 4.69) is 25.2 Å². The number of aryl methyl sites for hydroxylation is 1. The third-order valence-corrected chi connectivity index (χ3v) is 8.22. The number of sulfonamides is 1. The van der Waals surface area contributed by atoms with E-state index in [-0.39, 0.29) is 23.7 Å². The zero-order valence-corrected chi connectivity index (χ0v) is 27.5. The Bertz CT molecular complexity index is 1830. The number of urea groups is 1. The van der Waals surface area contributed by atoms with Gasteiger partial charge < -0.3 is 21.1 Å². The summed E-state index contributed by atoms with van der Waals surface area (Å²) >= 11 is 0. The number of nitrogens with two attached hydrogens (primary N) is 1. The van der Waals surface area contributed by atoms with Crippen molar-refractivity contribution in [2.45, 2.75) is 32.2 Å². The molecule has 0 bridgehead atoms. The van der Waals surface area contributed by atoms with E-state index in [4.69, 9.17) is 10.5 Å². The third kappa shape index (κ3) is 9.88. The maximum absolute atomic E-state index is 13.7. The van der Waals surface area contributed by atoms with E-state index in [1.807, 2.05) is 49.5 Å². The molecule has 3 amide bonds. The van der Waals surface area contributed by atoms with Gasteiger partial charge in [-0.25, -0.2) is 22.6 Å². The van der Waals surface area contributed by atoms with Crippen LogP contribution in [0.4, 0.5) is 26.2 Å². The Kier molecular flexibility index (Phi) is 11.4. The average Bonchev–Trinajstić information content (AvgIpc) is 3.00. The fourth-order valence-electron chi connectivity index (χ4n) is 5.33. The molecular weight excluding hydrogens is 647 g/mol. The van der Waals surface area contributed by atoms with Crippen LogP contribution in [0.3, 0.4) is 0 Å². The van der Waals surface area contributed by atoms with Gasteiger partial charge in [0.2, 0.25) is 15.9 Å². The number of benzene rings is 3. The van der Waals surface area contributed by atoms with Crippen LogP contribution in [0.2, 0.25) is 0 Å². The minimum absolute atomic E-state index is 0. The predicted molar refractivity (Wildman–Crippen MR) is 182 cm³/mol. The molecule has 0 atom stereocenters. The molecule has 11 nitrogen and oxygen atoms in total. The first-order chi connectivity index (χ1) is 21.9. The van der Waals surface area contributed by atoms with Gasteiger partial charge in [-0.05, 0) is 104 Å². The second kappa shape index (κ2) is 15.2. The highest BCUT2D eigenvalue weighted by Gasteiger charge is 2.21. The molecule has 1 fully saturated rings. The van der Waals surface area contributed by atoms with Gasteiger partial charge in [0, 0.05) is 35.9 Å². The molecule has 0 radical (unpaired) electrons. The van der Waals surface area contributed by atoms with Gasteiger partial charge in [0.25, 0.3) is 5.91 Å². The molecule has 0 aliphatic carbocycles. The van der Waals surface area contributed by atoms with E-state index in [9.17, 15) is 22.4 Å². The Hall–Kier alpha value is -4.72. The Balaban J connectivity index is 0.00000500. The highest BCUT2D eigenvalue weighted by Crippen LogP contribution is 2.30. The van der Waals surface area contributed by atoms with Crippen LogP contribution >= 0.6 is 12.4 Å². The second-order valence-electron chi connectivity index (χ2n) is 11.3. The van der Waals surface area contributed by atoms with Gasteiger partial charge in [0.15, 0.2) is 0 Å². The number of likely N-dealkylation sites (tertiary alicyclic amines) is 1. The van der Waals surface area contributed by atoms with Crippen molar-refractivity contribution in [3.05, 3.63) is 107 Å². The van der Waals surface area contributed by atoms with Crippen LogP contribution in [0.5, 0.6) is 11.6 Å². The Labute approximate surface area is 279 Å². The minimum atomic E-state index is -3.36. The second-order valence-corrected chi connectivity index (χ2v) is 13.0. The number of halogens is 2. The summed E-state index contributed by atoms with van der Waals surface area (Å²) in [5.41, 5.74) is 9.26. The van der Waals surface area contributed by atoms with E-state index in [0.29, 0.717) is 28.9 Å². The van der Waals surface area contributed by atoms with E-state index in [1.54, 1.807) is 18.2 Å². The van der Waals surface area contributed by atoms with Gasteiger partial charge in [-0.15, -0.1) is 12.4 Å². The van der Waals surface area contributed by atoms with Crippen LogP contribution < -0.4 is 25.8 Å². The number of nitrogens with zero attached hydrogens (tertiary/aromatic N) is 2. The number of carbonyl (C=O) groups excluding carboxylic acids is 2. The van der Waals surface area contributed by atoms with Gasteiger partial charge in [0.05, 0.1) is 11.8 Å². The fraction of sp³-hybridized carbons (Fsp3) is 0.242. The topological polar surface area (TPSA) is 156 Å². The lowest BCUT2D eigenvalue weighted by Gasteiger charge is -2.32. The molecular formula is C33H36ClFN6O5S. The van der Waals surface area contributed by atoms with E-state index >= 15 is 0 Å². The van der Waals surface area contributed by atoms with Gasteiger partial charge >= 0.3 is 6.03 Å². The van der Waals surface area contributed by atoms with Crippen molar-refractivity contribution in [3.63, 3.8) is 0 Å². The summed E-state index contributed by atoms with van der Waals surface area (Å²) in [6.07, 6.45) is 4.91. The van der Waals surface area contributed by atoms with Crippen molar-refractivity contribution >= 4 is 51.4 Å². The summed E-state index contributed by atoms with van der Waals surface area (Å²) < 4.78 is 45.0. The summed E-state index contributed by atoms with van der Waals surface area (Å²) in [4.78, 5) is 30.6. The molecule has 14 heteroatoms. The molecule has 1 aliphatic heterocycles. The van der Waals surface area contributed by atoms with Crippen molar-refractivity contribution in [2.24, 2.45) is 5.73 Å². The maximum atomic E-state index is 13.7. The zero-order chi connectivity index (χ0) is 32.8. The smallest absolute Gasteiger partial charge is 0.323 e. The van der Waals surface area contributed by atoms with Crippen molar-refractivity contribution in [1.29, 1.82) is 0 Å². The van der Waals surface area contributed by atoms with Crippen molar-refractivity contribution in [1.82, 2.24) is 9.88 Å². The van der Waals surface area contributed by atoms with Gasteiger partial charge in [0.1, 0.15) is 11.6 Å². The number of pyridine rings is 1. The molecule has 248 valence electrons. The number of piperidine rings is 1. The molecule has 0 spiro atoms. The number of hydrogen-bond donors (Lipinski definition) is 4. The first-order valence-corrected chi connectivity index (χ1v) is 16.5. The minimum Gasteiger partial charge on any atom is -0.439 e. The summed E-state index contributed by atoms with van der Waals surface area (Å²) in [5, 5.41) is 5.32. The normalized spacial score (nSPS) is 13.7. The molecule has 3 aromatic carbocycles. The molecule has 1 aliphatic rings. The lowest BCUT2D eigenvalue weighted by atomic mass is 9.89. The number of anilines is 3. The third-order valence-electron chi connectivity index (χ3n) is 7.61. The van der Waals surface area contributed by atoms with Crippen molar-refractivity contribution < 1.29 is 27.1 Å². The van der Waals surface area contributed by atoms with Gasteiger partial charge in [-0.1, -0.05) is 18.2 Å². The van der Waals surface area contributed by atoms with Gasteiger partial charge in [-0.3, -0.25) is 14.4 Å². The molecule has 1 saturated heterocycles. The highest BCUT2D eigenvalue weighted by molar-refractivity contribution is 7.92. The number of ether oxygens (including phenoxy) is 1. The molecule has 47 heavy (non-hydrogen) atoms. The zero-order valence-electron chi connectivity index (χ0n) is 25.8. The number of carbonyl (C=O) groups is 2. The van der Waals surface area contributed by atoms with E-state index in [1.165, 1.54) is 17.7 Å². The number of rotatable bonds is 10. The summed E-state index contributed by atoms with van der Waals surface area (Å²) in [6, 6.07) is 19.7. The molecule has 0 unspecified atom stereocenters. The SMILES string of the molecule is Cc1cc(NS(C)(=O)=O)ccc1Oc1ccc(CN2CCC(c3ccc(NC(=O)Nc4ccc(F)c(C(N)=O)c4)cc3)CC2)cn1.Cl. The predicted octanol–water partition coefficient (Wildman–Crippen LogP) is 6.24. The maximum Gasteiger partial charge on any atom is 0.323 e. The average molecular weight is 683 g/mol. The summed E-state index contributed by atoms with van der Waals surface area (Å²) in [7, 11) is -3.36. The van der Waals surface area contributed by atoms with Crippen LogP contribution in [-0.2, 0) is 16.6 Å². The molecule has 0 saturated carbocycles. The Morgan fingerprint density at radius 3 is 2.23 bits per heavy atom. The fourth-order valence-corrected chi connectivity index (χ4v) is 5.88. The molecule has 5 rings (SSSR count). The first-order valence-electron chi connectivity index (χ1n) is 14.6. The number of amides is 3. The summed E-state index contributed by atoms with van der Waals surface area (Å²) in [6.45, 7) is 4.48. The van der Waals surface area contributed by atoms with Gasteiger partial charge in [-0.2, -0.15) is 0 Å². The van der Waals surface area contributed by atoms with Crippen LogP contribution in [0.15, 0.2) is 79.0 Å². The van der Waals surface area contributed by atoms with Crippen molar-refractivity contribution in [3.8, 4) is 11.6 Å². The largest absolute Gasteiger partial charge is 0.439 e. The Morgan fingerprint density at radius 1 is 0.957 bits per heavy atom. The van der Waals surface area contributed by atoms with E-state index in [0.717, 1.165) is 55.9 Å². The number of primary amides is 1. The van der Waals surface area contributed by atoms with Crippen LogP contribution in [0.1, 0.15) is 45.8 Å². The number of hydrogen-bond acceptors (Lipinski definition) is 7. The molecule has 1 aromatic heterocycles. The highest BCUT2D eigenvalue weighted by atomic mass is 35.5. The molecule has 2 heterocycles. The lowest BCUT2D eigenvalue weighted by Crippen LogP contribution is -2.32. The van der Waals surface area contributed by atoms with Crippen LogP contribution in [0, 0.1) is 12.7 Å². The van der Waals surface area contributed by atoms with Crippen LogP contribution in [0.25, 0.3) is 0 Å². The first kappa shape index (κ1) is 35.1. The number of nitrogens with one attached hydrogen (secondary N) is 3. The van der Waals surface area contributed by atoms with Crippen molar-refractivity contribution in [2.75, 3.05) is 34.7 Å². The number of aromatic nitrogens is 1. The molecule has 5 N–H and O–H groups in total. The van der Waals surface area contributed by atoms with E-state index < -0.39 is 27.8 Å². The monoisotopic (exact) mass is 682 g/mol. The quantitative estimate of drug-likeness (QED) is 0.154. The summed E-state index contributed by atoms with van der Waals surface area (Å²) in [5.74, 6) is -0.207.